The van der Waals surface area contributed by atoms with Crippen LogP contribution in [0.15, 0.2) is 84.8 Å². The minimum Gasteiger partial charge on any atom is -0.512 e. The maximum Gasteiger partial charge on any atom is 0.155 e. The molecule has 0 aliphatic carbocycles. The Morgan fingerprint density at radius 2 is 1.73 bits per heavy atom. The third-order valence-electron chi connectivity index (χ3n) is 6.38. The van der Waals surface area contributed by atoms with Crippen molar-refractivity contribution in [3.8, 4) is 21.7 Å². The minimum absolute atomic E-state index is 0. The number of hydrogen-bond acceptors (Lipinski definition) is 4. The van der Waals surface area contributed by atoms with Crippen molar-refractivity contribution in [2.75, 3.05) is 0 Å². The van der Waals surface area contributed by atoms with E-state index in [1.54, 1.807) is 0 Å². The molecule has 5 heteroatoms. The first-order chi connectivity index (χ1) is 18.6. The zero-order valence-corrected chi connectivity index (χ0v) is 27.1. The maximum absolute atomic E-state index is 10.0. The van der Waals surface area contributed by atoms with Crippen LogP contribution in [0.2, 0.25) is 0 Å². The van der Waals surface area contributed by atoms with Crippen molar-refractivity contribution in [2.45, 2.75) is 53.9 Å². The Morgan fingerprint density at radius 3 is 2.33 bits per heavy atom. The van der Waals surface area contributed by atoms with Crippen LogP contribution in [-0.4, -0.2) is 15.9 Å². The molecule has 0 atom stereocenters. The summed E-state index contributed by atoms with van der Waals surface area (Å²) in [5, 5.41) is 12.0. The number of carbonyl (C=O) groups is 1. The number of benzene rings is 3. The smallest absolute Gasteiger partial charge is 0.155 e. The van der Waals surface area contributed by atoms with Gasteiger partial charge < -0.3 is 5.11 Å². The van der Waals surface area contributed by atoms with Crippen LogP contribution < -0.4 is 0 Å². The molecular formula is C35H36IrNO2S-. The van der Waals surface area contributed by atoms with Gasteiger partial charge in [0.05, 0.1) is 5.76 Å². The van der Waals surface area contributed by atoms with Gasteiger partial charge in [-0.15, -0.1) is 23.6 Å². The Morgan fingerprint density at radius 1 is 1.00 bits per heavy atom. The summed E-state index contributed by atoms with van der Waals surface area (Å²) in [5.41, 5.74) is 6.13. The van der Waals surface area contributed by atoms with Gasteiger partial charge in [0, 0.05) is 38.1 Å². The molecule has 0 aliphatic rings. The summed E-state index contributed by atoms with van der Waals surface area (Å²) in [6.45, 7) is 11.9. The number of aromatic nitrogens is 1. The fourth-order valence-electron chi connectivity index (χ4n) is 4.74. The molecule has 2 aromatic heterocycles. The normalized spacial score (nSPS) is 11.4. The first-order valence-corrected chi connectivity index (χ1v) is 14.2. The SMILES string of the molecule is CC(=O)/C=C(/C)O.CC(C)Cc1ccc2c(-c3[c-]c4cc(-c5ccccc5)sc4c(C(C)C)c3)nccc2c1.[Ir]. The number of thiophene rings is 1. The number of aliphatic hydroxyl groups excluding tert-OH is 1. The van der Waals surface area contributed by atoms with Crippen LogP contribution in [0.4, 0.5) is 0 Å². The summed E-state index contributed by atoms with van der Waals surface area (Å²) in [4.78, 5) is 16.1. The van der Waals surface area contributed by atoms with Gasteiger partial charge in [-0.1, -0.05) is 87.4 Å². The van der Waals surface area contributed by atoms with E-state index in [2.05, 4.69) is 100 Å². The molecule has 5 aromatic rings. The number of carbonyl (C=O) groups excluding carboxylic acids is 1. The largest absolute Gasteiger partial charge is 0.512 e. The van der Waals surface area contributed by atoms with Gasteiger partial charge in [-0.05, 0) is 69.6 Å². The summed E-state index contributed by atoms with van der Waals surface area (Å²) >= 11 is 1.87. The van der Waals surface area contributed by atoms with E-state index in [0.29, 0.717) is 11.8 Å². The number of rotatable bonds is 6. The molecule has 0 unspecified atom stereocenters. The zero-order valence-electron chi connectivity index (χ0n) is 23.9. The van der Waals surface area contributed by atoms with Gasteiger partial charge in [-0.3, -0.25) is 9.78 Å². The Kier molecular flexibility index (Phi) is 11.0. The maximum atomic E-state index is 10.0. The van der Waals surface area contributed by atoms with Crippen LogP contribution in [0.3, 0.4) is 0 Å². The molecule has 0 saturated carbocycles. The fraction of sp³-hybridized carbons (Fsp3) is 0.257. The Hall–Kier alpha value is -3.11. The van der Waals surface area contributed by atoms with E-state index < -0.39 is 0 Å². The van der Waals surface area contributed by atoms with Crippen molar-refractivity contribution in [2.24, 2.45) is 5.92 Å². The van der Waals surface area contributed by atoms with Crippen LogP contribution in [-0.2, 0) is 31.3 Å². The molecule has 209 valence electrons. The van der Waals surface area contributed by atoms with E-state index in [4.69, 9.17) is 10.1 Å². The van der Waals surface area contributed by atoms with Gasteiger partial charge in [0.2, 0.25) is 0 Å². The summed E-state index contributed by atoms with van der Waals surface area (Å²) in [6, 6.07) is 27.9. The molecule has 2 heterocycles. The molecule has 0 spiro atoms. The van der Waals surface area contributed by atoms with Crippen molar-refractivity contribution >= 4 is 38.0 Å². The quantitative estimate of drug-likeness (QED) is 0.108. The van der Waals surface area contributed by atoms with E-state index in [1.807, 2.05) is 17.5 Å². The third-order valence-corrected chi connectivity index (χ3v) is 7.62. The Balaban J connectivity index is 0.000000492. The second-order valence-electron chi connectivity index (χ2n) is 10.7. The van der Waals surface area contributed by atoms with Crippen molar-refractivity contribution < 1.29 is 30.0 Å². The molecule has 0 saturated heterocycles. The average Bonchev–Trinajstić information content (AvgIpc) is 3.31. The second-order valence-corrected chi connectivity index (χ2v) is 11.8. The van der Waals surface area contributed by atoms with Crippen molar-refractivity contribution in [3.63, 3.8) is 0 Å². The van der Waals surface area contributed by atoms with Crippen LogP contribution in [0.5, 0.6) is 0 Å². The van der Waals surface area contributed by atoms with Crippen LogP contribution in [0, 0.1) is 12.0 Å². The molecule has 5 rings (SSSR count). The van der Waals surface area contributed by atoms with Crippen LogP contribution >= 0.6 is 11.3 Å². The summed E-state index contributed by atoms with van der Waals surface area (Å²) < 4.78 is 1.34. The van der Waals surface area contributed by atoms with E-state index in [-0.39, 0.29) is 31.6 Å². The van der Waals surface area contributed by atoms with Gasteiger partial charge in [0.1, 0.15) is 0 Å². The van der Waals surface area contributed by atoms with Gasteiger partial charge in [0.15, 0.2) is 5.78 Å². The molecule has 0 bridgehead atoms. The van der Waals surface area contributed by atoms with E-state index >= 15 is 0 Å². The average molecular weight is 727 g/mol. The Bertz CT molecular complexity index is 1630. The number of ketones is 1. The van der Waals surface area contributed by atoms with Gasteiger partial charge in [-0.25, -0.2) is 0 Å². The van der Waals surface area contributed by atoms with Crippen LogP contribution in [0.25, 0.3) is 42.6 Å². The number of aliphatic hydroxyl groups is 1. The number of nitrogens with zero attached hydrogens (tertiary/aromatic N) is 1. The molecule has 0 fully saturated rings. The standard InChI is InChI=1S/C30H28NS.C5H8O2.Ir/c1-19(2)14-21-10-11-26-23(15-21)12-13-31-29(26)24-16-25-18-28(22-8-6-5-7-9-22)32-30(25)27(17-24)20(3)4;1-4(6)3-5(2)7;/h5-13,15,17-20H,14H2,1-4H3;3,6H,1-2H3;/q-1;;/b;4-3-;. The van der Waals surface area contributed by atoms with Gasteiger partial charge in [0.25, 0.3) is 0 Å². The first-order valence-electron chi connectivity index (χ1n) is 13.4. The topological polar surface area (TPSA) is 50.2 Å². The first kappa shape index (κ1) is 31.4. The van der Waals surface area contributed by atoms with Crippen molar-refractivity contribution in [1.82, 2.24) is 4.98 Å². The minimum atomic E-state index is -0.125. The monoisotopic (exact) mass is 727 g/mol. The third kappa shape index (κ3) is 7.75. The molecule has 0 amide bonds. The molecule has 3 nitrogen and oxygen atoms in total. The van der Waals surface area contributed by atoms with E-state index in [1.165, 1.54) is 62.3 Å². The van der Waals surface area contributed by atoms with Gasteiger partial charge in [-0.2, -0.15) is 11.3 Å². The second kappa shape index (κ2) is 14.0. The number of fused-ring (bicyclic) bond motifs is 2. The number of hydrogen-bond donors (Lipinski definition) is 1. The summed E-state index contributed by atoms with van der Waals surface area (Å²) in [5.74, 6) is 1.02. The van der Waals surface area contributed by atoms with Gasteiger partial charge >= 0.3 is 0 Å². The molecule has 1 radical (unpaired) electrons. The molecular weight excluding hydrogens is 691 g/mol. The molecule has 3 aromatic carbocycles. The predicted octanol–water partition coefficient (Wildman–Crippen LogP) is 9.94. The van der Waals surface area contributed by atoms with Crippen molar-refractivity contribution in [3.05, 3.63) is 102 Å². The van der Waals surface area contributed by atoms with Crippen LogP contribution in [0.1, 0.15) is 58.6 Å². The molecule has 0 aliphatic heterocycles. The zero-order chi connectivity index (χ0) is 28.1. The van der Waals surface area contributed by atoms with E-state index in [9.17, 15) is 4.79 Å². The summed E-state index contributed by atoms with van der Waals surface area (Å²) in [7, 11) is 0. The Labute approximate surface area is 255 Å². The fourth-order valence-corrected chi connectivity index (χ4v) is 6.02. The number of allylic oxidation sites excluding steroid dienone is 2. The van der Waals surface area contributed by atoms with Crippen molar-refractivity contribution in [1.29, 1.82) is 0 Å². The molecule has 1 N–H and O–H groups in total. The predicted molar refractivity (Wildman–Crippen MR) is 167 cm³/mol. The molecule has 40 heavy (non-hydrogen) atoms. The summed E-state index contributed by atoms with van der Waals surface area (Å²) in [6.07, 6.45) is 4.20. The van der Waals surface area contributed by atoms with E-state index in [0.717, 1.165) is 17.7 Å². The number of pyridine rings is 1.